The van der Waals surface area contributed by atoms with Crippen molar-refractivity contribution in [1.82, 2.24) is 20.2 Å². The van der Waals surface area contributed by atoms with Crippen molar-refractivity contribution in [3.63, 3.8) is 0 Å². The number of nitrogens with one attached hydrogen (secondary N) is 1. The predicted molar refractivity (Wildman–Crippen MR) is 116 cm³/mol. The van der Waals surface area contributed by atoms with Crippen LogP contribution in [0.5, 0.6) is 0 Å². The Morgan fingerprint density at radius 3 is 2.63 bits per heavy atom. The van der Waals surface area contributed by atoms with Crippen LogP contribution in [0.25, 0.3) is 11.8 Å². The zero-order valence-electron chi connectivity index (χ0n) is 16.2. The second kappa shape index (κ2) is 10.3. The van der Waals surface area contributed by atoms with Crippen molar-refractivity contribution >= 4 is 71.3 Å². The van der Waals surface area contributed by atoms with Gasteiger partial charge in [0.2, 0.25) is 0 Å². The predicted octanol–water partition coefficient (Wildman–Crippen LogP) is 1.63. The molecule has 2 N–H and O–H groups in total. The summed E-state index contributed by atoms with van der Waals surface area (Å²) in [6.45, 7) is 1.08. The van der Waals surface area contributed by atoms with Gasteiger partial charge in [0.15, 0.2) is 0 Å². The van der Waals surface area contributed by atoms with Crippen molar-refractivity contribution in [1.29, 1.82) is 0 Å². The Morgan fingerprint density at radius 2 is 1.97 bits per heavy atom. The van der Waals surface area contributed by atoms with E-state index in [4.69, 9.17) is 9.90 Å². The second-order valence-corrected chi connectivity index (χ2v) is 8.38. The number of hydrogen-bond acceptors (Lipinski definition) is 7. The number of carbonyl (C=O) groups is 2. The monoisotopic (exact) mass is 430 g/mol. The molecule has 0 unspecified atom stereocenters. The first-order chi connectivity index (χ1) is 14.4. The molecule has 1 aliphatic heterocycles. The van der Waals surface area contributed by atoms with Crippen LogP contribution >= 0.6 is 11.8 Å². The topological polar surface area (TPSA) is 122 Å². The molecule has 4 rings (SSSR count). The second-order valence-electron chi connectivity index (χ2n) is 6.19. The summed E-state index contributed by atoms with van der Waals surface area (Å²) >= 11 is 2.34. The van der Waals surface area contributed by atoms with Gasteiger partial charge in [-0.25, -0.2) is 4.68 Å². The first-order valence-electron chi connectivity index (χ1n) is 8.80. The van der Waals surface area contributed by atoms with E-state index in [1.807, 2.05) is 42.5 Å². The third-order valence-corrected chi connectivity index (χ3v) is 5.27. The van der Waals surface area contributed by atoms with Crippen molar-refractivity contribution in [3.8, 4) is 5.69 Å². The molecule has 2 heterocycles. The van der Waals surface area contributed by atoms with Gasteiger partial charge in [-0.2, -0.15) is 0 Å². The van der Waals surface area contributed by atoms with Gasteiger partial charge in [0.25, 0.3) is 5.97 Å². The Labute approximate surface area is 193 Å². The standard InChI is InChI=1S/C17H11N6OS.C2H4O2.Na/c24-16-15(25-17(20-16)19-13-6-2-1-3-7-13)10-12-5-4-8-14(9-12)23-11-18-21-22-23;1-2(3)4;/h2-11H,(H,19,20,24);1H3,(H,3,4);/b15-10+;;. The Kier molecular flexibility index (Phi) is 7.52. The number of hydrogen-bond donors (Lipinski definition) is 2. The van der Waals surface area contributed by atoms with Crippen LogP contribution in [-0.4, -0.2) is 70.3 Å². The van der Waals surface area contributed by atoms with Gasteiger partial charge in [0.05, 0.1) is 0 Å². The molecule has 146 valence electrons. The molecular formula is C19H15N6NaO3S. The third-order valence-electron chi connectivity index (χ3n) is 3.70. The number of rotatable bonds is 3. The summed E-state index contributed by atoms with van der Waals surface area (Å²) in [5.41, 5.74) is 2.62. The maximum absolute atomic E-state index is 12.2. The zero-order chi connectivity index (χ0) is 21.5. The van der Waals surface area contributed by atoms with Gasteiger partial charge in [-0.3, -0.25) is 4.79 Å². The van der Waals surface area contributed by atoms with Gasteiger partial charge >= 0.3 is 139 Å². The number of aliphatic carboxylic acids is 1. The maximum atomic E-state index is 12.2. The number of thioether (sulfide) groups is 1. The molecule has 0 atom stereocenters. The first kappa shape index (κ1) is 21.9. The van der Waals surface area contributed by atoms with Crippen molar-refractivity contribution in [2.75, 3.05) is 5.32 Å². The zero-order valence-corrected chi connectivity index (χ0v) is 19.0. The van der Waals surface area contributed by atoms with Crippen LogP contribution in [0.3, 0.4) is 0 Å². The van der Waals surface area contributed by atoms with Gasteiger partial charge in [-0.15, -0.1) is 5.10 Å². The first-order valence-corrected chi connectivity index (χ1v) is 10.6. The number of benzene rings is 2. The quantitative estimate of drug-likeness (QED) is 0.475. The van der Waals surface area contributed by atoms with Crippen LogP contribution < -0.4 is 8.13 Å². The fourth-order valence-electron chi connectivity index (χ4n) is 2.41. The number of carboxylic acid groups (broad SMARTS) is 1. The van der Waals surface area contributed by atoms with Crippen LogP contribution in [-0.2, 0) is 9.59 Å². The average molecular weight is 430 g/mol. The van der Waals surface area contributed by atoms with E-state index in [0.717, 1.165) is 51.8 Å². The van der Waals surface area contributed by atoms with Crippen LogP contribution in [0.15, 0.2) is 64.8 Å². The summed E-state index contributed by atoms with van der Waals surface area (Å²) in [5.74, 6) is -1.08. The van der Waals surface area contributed by atoms with E-state index in [1.165, 1.54) is 20.9 Å². The number of carboxylic acids is 1. The number of amidine groups is 1. The normalized spacial score (nSPS) is 14.2. The Hall–Kier alpha value is -2.79. The summed E-state index contributed by atoms with van der Waals surface area (Å²) in [5, 5.41) is 22.3. The van der Waals surface area contributed by atoms with E-state index in [-0.39, 0.29) is 5.91 Å². The van der Waals surface area contributed by atoms with Gasteiger partial charge in [-0.05, 0) is 16.5 Å². The third kappa shape index (κ3) is 6.36. The molecule has 9 nitrogen and oxygen atoms in total. The molecule has 1 aromatic heterocycles. The Balaban J connectivity index is 0.000000589. The van der Waals surface area contributed by atoms with Crippen molar-refractivity contribution < 1.29 is 14.7 Å². The summed E-state index contributed by atoms with van der Waals surface area (Å²) < 4.78 is 2.88. The number of carbonyl (C=O) groups excluding carboxylic acids is 1. The SMILES string of the molecule is CC(=O)O.O=C1N=C(Nc2cc[c]([Na])cc2)S/C1=C/c1cccc(-n2cnnn2)c1. The summed E-state index contributed by atoms with van der Waals surface area (Å²) in [6.07, 6.45) is 3.34. The fourth-order valence-corrected chi connectivity index (χ4v) is 3.58. The van der Waals surface area contributed by atoms with E-state index in [2.05, 4.69) is 38.0 Å². The van der Waals surface area contributed by atoms with Gasteiger partial charge < -0.3 is 5.11 Å². The molecule has 3 aromatic rings. The minimum atomic E-state index is -0.833. The molecule has 0 bridgehead atoms. The number of nitrogens with zero attached hydrogens (tertiary/aromatic N) is 5. The van der Waals surface area contributed by atoms with Gasteiger partial charge in [-0.1, -0.05) is 0 Å². The van der Waals surface area contributed by atoms with E-state index >= 15 is 0 Å². The molecule has 11 heteroatoms. The van der Waals surface area contributed by atoms with Crippen LogP contribution in [0, 0.1) is 0 Å². The van der Waals surface area contributed by atoms with E-state index in [9.17, 15) is 4.79 Å². The van der Waals surface area contributed by atoms with E-state index in [1.54, 1.807) is 4.68 Å². The summed E-state index contributed by atoms with van der Waals surface area (Å²) in [6, 6.07) is 15.7. The molecule has 1 aliphatic rings. The fraction of sp³-hybridized carbons (Fsp3) is 0.0526. The Bertz CT molecular complexity index is 1110. The van der Waals surface area contributed by atoms with Crippen LogP contribution in [0.4, 0.5) is 5.69 Å². The molecule has 0 radical (unpaired) electrons. The van der Waals surface area contributed by atoms with Crippen LogP contribution in [0.1, 0.15) is 12.5 Å². The number of aromatic nitrogens is 4. The number of tetrazole rings is 1. The van der Waals surface area contributed by atoms with Gasteiger partial charge in [0.1, 0.15) is 6.33 Å². The van der Waals surface area contributed by atoms with Crippen molar-refractivity contribution in [2.24, 2.45) is 4.99 Å². The van der Waals surface area contributed by atoms with Crippen molar-refractivity contribution in [3.05, 3.63) is 65.3 Å². The molecule has 2 aromatic carbocycles. The Morgan fingerprint density at radius 1 is 1.23 bits per heavy atom. The van der Waals surface area contributed by atoms with Crippen molar-refractivity contribution in [2.45, 2.75) is 6.92 Å². The number of aliphatic imine (C=N–C) groups is 1. The molecule has 0 spiro atoms. The van der Waals surface area contributed by atoms with E-state index in [0.29, 0.717) is 10.1 Å². The molecular weight excluding hydrogens is 415 g/mol. The van der Waals surface area contributed by atoms with Crippen LogP contribution in [0.2, 0.25) is 0 Å². The molecule has 1 amide bonds. The summed E-state index contributed by atoms with van der Waals surface area (Å²) in [4.78, 5) is 25.9. The van der Waals surface area contributed by atoms with E-state index < -0.39 is 5.97 Å². The summed E-state index contributed by atoms with van der Waals surface area (Å²) in [7, 11) is 0. The molecule has 30 heavy (non-hydrogen) atoms. The average Bonchev–Trinajstić information content (AvgIpc) is 3.34. The minimum absolute atomic E-state index is 0.246. The van der Waals surface area contributed by atoms with Gasteiger partial charge in [0, 0.05) is 6.92 Å². The number of anilines is 1. The molecule has 0 aliphatic carbocycles. The number of amides is 1. The molecule has 0 saturated heterocycles. The molecule has 0 fully saturated rings. The molecule has 0 saturated carbocycles.